The van der Waals surface area contributed by atoms with Crippen molar-refractivity contribution in [3.05, 3.63) is 47.8 Å². The van der Waals surface area contributed by atoms with Crippen molar-refractivity contribution < 1.29 is 13.2 Å². The molecule has 1 aromatic heterocycles. The third-order valence-electron chi connectivity index (χ3n) is 4.47. The SMILES string of the molecule is CCc1ccc(NC(=O)c2cc(S(=O)(=O)N3CCCCC3)c[nH]2)cc1. The van der Waals surface area contributed by atoms with Gasteiger partial charge in [0.2, 0.25) is 10.0 Å². The highest BCUT2D eigenvalue weighted by atomic mass is 32.2. The van der Waals surface area contributed by atoms with E-state index in [4.69, 9.17) is 0 Å². The first-order chi connectivity index (χ1) is 12.0. The Morgan fingerprint density at radius 2 is 1.84 bits per heavy atom. The topological polar surface area (TPSA) is 82.3 Å². The smallest absolute Gasteiger partial charge is 0.272 e. The molecule has 0 spiro atoms. The zero-order valence-electron chi connectivity index (χ0n) is 14.3. The van der Waals surface area contributed by atoms with Crippen LogP contribution in [0.2, 0.25) is 0 Å². The van der Waals surface area contributed by atoms with Gasteiger partial charge in [-0.1, -0.05) is 25.5 Å². The zero-order chi connectivity index (χ0) is 17.9. The number of benzene rings is 1. The van der Waals surface area contributed by atoms with Crippen molar-refractivity contribution >= 4 is 21.6 Å². The lowest BCUT2D eigenvalue weighted by Gasteiger charge is -2.25. The number of H-pyrrole nitrogens is 1. The van der Waals surface area contributed by atoms with Gasteiger partial charge in [0, 0.05) is 25.0 Å². The number of nitrogens with zero attached hydrogens (tertiary/aromatic N) is 1. The summed E-state index contributed by atoms with van der Waals surface area (Å²) in [6, 6.07) is 8.99. The number of nitrogens with one attached hydrogen (secondary N) is 2. The van der Waals surface area contributed by atoms with E-state index in [1.807, 2.05) is 24.3 Å². The van der Waals surface area contributed by atoms with E-state index in [1.165, 1.54) is 22.1 Å². The van der Waals surface area contributed by atoms with Gasteiger partial charge >= 0.3 is 0 Å². The summed E-state index contributed by atoms with van der Waals surface area (Å²) < 4.78 is 26.7. The fourth-order valence-corrected chi connectivity index (χ4v) is 4.44. The summed E-state index contributed by atoms with van der Waals surface area (Å²) >= 11 is 0. The molecule has 0 saturated carbocycles. The molecule has 2 N–H and O–H groups in total. The lowest BCUT2D eigenvalue weighted by molar-refractivity contribution is 0.102. The number of carbonyl (C=O) groups excluding carboxylic acids is 1. The van der Waals surface area contributed by atoms with Crippen LogP contribution < -0.4 is 5.32 Å². The molecular formula is C18H23N3O3S. The molecule has 1 aliphatic rings. The van der Waals surface area contributed by atoms with Gasteiger partial charge in [-0.15, -0.1) is 0 Å². The molecule has 1 fully saturated rings. The predicted molar refractivity (Wildman–Crippen MR) is 97.2 cm³/mol. The van der Waals surface area contributed by atoms with Gasteiger partial charge in [0.05, 0.1) is 0 Å². The van der Waals surface area contributed by atoms with Gasteiger partial charge in [-0.2, -0.15) is 4.31 Å². The Kier molecular flexibility index (Phi) is 5.24. The van der Waals surface area contributed by atoms with Crippen molar-refractivity contribution in [1.29, 1.82) is 0 Å². The summed E-state index contributed by atoms with van der Waals surface area (Å²) in [6.45, 7) is 3.15. The minimum Gasteiger partial charge on any atom is -0.356 e. The predicted octanol–water partition coefficient (Wildman–Crippen LogP) is 3.00. The minimum atomic E-state index is -3.53. The Hall–Kier alpha value is -2.12. The highest BCUT2D eigenvalue weighted by Gasteiger charge is 2.27. The second kappa shape index (κ2) is 7.41. The van der Waals surface area contributed by atoms with E-state index < -0.39 is 10.0 Å². The van der Waals surface area contributed by atoms with Crippen molar-refractivity contribution in [2.75, 3.05) is 18.4 Å². The largest absolute Gasteiger partial charge is 0.356 e. The van der Waals surface area contributed by atoms with Gasteiger partial charge < -0.3 is 10.3 Å². The van der Waals surface area contributed by atoms with E-state index >= 15 is 0 Å². The highest BCUT2D eigenvalue weighted by molar-refractivity contribution is 7.89. The van der Waals surface area contributed by atoms with Crippen LogP contribution in [0.5, 0.6) is 0 Å². The van der Waals surface area contributed by atoms with E-state index in [0.717, 1.165) is 25.7 Å². The van der Waals surface area contributed by atoms with Gasteiger partial charge in [0.1, 0.15) is 10.6 Å². The molecule has 3 rings (SSSR count). The Morgan fingerprint density at radius 3 is 2.48 bits per heavy atom. The fourth-order valence-electron chi connectivity index (χ4n) is 2.93. The molecule has 1 amide bonds. The average molecular weight is 361 g/mol. The molecule has 0 atom stereocenters. The van der Waals surface area contributed by atoms with Gasteiger partial charge in [-0.25, -0.2) is 8.42 Å². The molecule has 25 heavy (non-hydrogen) atoms. The van der Waals surface area contributed by atoms with Crippen LogP contribution in [0.4, 0.5) is 5.69 Å². The van der Waals surface area contributed by atoms with Crippen LogP contribution in [0.15, 0.2) is 41.4 Å². The third-order valence-corrected chi connectivity index (χ3v) is 6.35. The summed E-state index contributed by atoms with van der Waals surface area (Å²) in [6.07, 6.45) is 5.14. The van der Waals surface area contributed by atoms with E-state index in [1.54, 1.807) is 0 Å². The average Bonchev–Trinajstić information content (AvgIpc) is 3.14. The summed E-state index contributed by atoms with van der Waals surface area (Å²) in [5, 5.41) is 2.78. The Bertz CT molecular complexity index is 835. The summed E-state index contributed by atoms with van der Waals surface area (Å²) in [4.78, 5) is 15.2. The number of rotatable bonds is 5. The Labute approximate surface area is 148 Å². The lowest BCUT2D eigenvalue weighted by atomic mass is 10.1. The molecule has 2 heterocycles. The number of aryl methyl sites for hydroxylation is 1. The van der Waals surface area contributed by atoms with Crippen LogP contribution in [0.3, 0.4) is 0 Å². The number of piperidine rings is 1. The molecular weight excluding hydrogens is 338 g/mol. The first-order valence-electron chi connectivity index (χ1n) is 8.59. The zero-order valence-corrected chi connectivity index (χ0v) is 15.1. The van der Waals surface area contributed by atoms with Crippen molar-refractivity contribution in [1.82, 2.24) is 9.29 Å². The number of aromatic amines is 1. The number of carbonyl (C=O) groups is 1. The number of hydrogen-bond donors (Lipinski definition) is 2. The number of amides is 1. The molecule has 0 bridgehead atoms. The van der Waals surface area contributed by atoms with Crippen LogP contribution in [0.1, 0.15) is 42.2 Å². The summed E-state index contributed by atoms with van der Waals surface area (Å²) in [5.41, 5.74) is 2.10. The molecule has 0 aliphatic carbocycles. The van der Waals surface area contributed by atoms with Crippen LogP contribution >= 0.6 is 0 Å². The van der Waals surface area contributed by atoms with Crippen LogP contribution in [-0.2, 0) is 16.4 Å². The van der Waals surface area contributed by atoms with Gasteiger partial charge in [-0.3, -0.25) is 4.79 Å². The molecule has 1 aliphatic heterocycles. The van der Waals surface area contributed by atoms with Crippen LogP contribution in [-0.4, -0.2) is 36.7 Å². The number of aromatic nitrogens is 1. The molecule has 0 radical (unpaired) electrons. The number of sulfonamides is 1. The first-order valence-corrected chi connectivity index (χ1v) is 10.0. The van der Waals surface area contributed by atoms with E-state index in [2.05, 4.69) is 17.2 Å². The maximum atomic E-state index is 12.6. The molecule has 0 unspecified atom stereocenters. The molecule has 1 aromatic carbocycles. The van der Waals surface area contributed by atoms with Crippen LogP contribution in [0.25, 0.3) is 0 Å². The number of anilines is 1. The third kappa shape index (κ3) is 3.93. The normalized spacial score (nSPS) is 15.9. The van der Waals surface area contributed by atoms with Crippen molar-refractivity contribution in [3.8, 4) is 0 Å². The molecule has 134 valence electrons. The Morgan fingerprint density at radius 1 is 1.16 bits per heavy atom. The van der Waals surface area contributed by atoms with Crippen molar-refractivity contribution in [2.45, 2.75) is 37.5 Å². The van der Waals surface area contributed by atoms with E-state index in [0.29, 0.717) is 18.8 Å². The fraction of sp³-hybridized carbons (Fsp3) is 0.389. The quantitative estimate of drug-likeness (QED) is 0.859. The second-order valence-electron chi connectivity index (χ2n) is 6.22. The van der Waals surface area contributed by atoms with Gasteiger partial charge in [-0.05, 0) is 43.0 Å². The summed E-state index contributed by atoms with van der Waals surface area (Å²) in [7, 11) is -3.53. The molecule has 6 nitrogen and oxygen atoms in total. The van der Waals surface area contributed by atoms with Gasteiger partial charge in [0.15, 0.2) is 0 Å². The molecule has 2 aromatic rings. The Balaban J connectivity index is 1.72. The number of hydrogen-bond acceptors (Lipinski definition) is 3. The maximum Gasteiger partial charge on any atom is 0.272 e. The first kappa shape index (κ1) is 17.7. The van der Waals surface area contributed by atoms with E-state index in [9.17, 15) is 13.2 Å². The highest BCUT2D eigenvalue weighted by Crippen LogP contribution is 2.21. The van der Waals surface area contributed by atoms with Crippen molar-refractivity contribution in [3.63, 3.8) is 0 Å². The minimum absolute atomic E-state index is 0.140. The summed E-state index contributed by atoms with van der Waals surface area (Å²) in [5.74, 6) is -0.357. The second-order valence-corrected chi connectivity index (χ2v) is 8.16. The lowest BCUT2D eigenvalue weighted by Crippen LogP contribution is -2.35. The van der Waals surface area contributed by atoms with Crippen LogP contribution in [0, 0.1) is 0 Å². The molecule has 7 heteroatoms. The maximum absolute atomic E-state index is 12.6. The van der Waals surface area contributed by atoms with Gasteiger partial charge in [0.25, 0.3) is 5.91 Å². The van der Waals surface area contributed by atoms with Crippen molar-refractivity contribution in [2.24, 2.45) is 0 Å². The monoisotopic (exact) mass is 361 g/mol. The molecule has 1 saturated heterocycles. The standard InChI is InChI=1S/C18H23N3O3S/c1-2-14-6-8-15(9-7-14)20-18(22)17-12-16(13-19-17)25(23,24)21-10-4-3-5-11-21/h6-9,12-13,19H,2-5,10-11H2,1H3,(H,20,22). The van der Waals surface area contributed by atoms with E-state index in [-0.39, 0.29) is 16.5 Å².